The molecular formula is C10H17N3S. The van der Waals surface area contributed by atoms with E-state index in [9.17, 15) is 0 Å². The third kappa shape index (κ3) is 3.10. The number of rotatable bonds is 5. The number of nitrogens with zero attached hydrogens (tertiary/aromatic N) is 2. The maximum absolute atomic E-state index is 4.39. The fourth-order valence-electron chi connectivity index (χ4n) is 1.05. The van der Waals surface area contributed by atoms with Crippen LogP contribution in [0.25, 0.3) is 0 Å². The highest BCUT2D eigenvalue weighted by molar-refractivity contribution is 7.09. The first-order valence-electron chi connectivity index (χ1n) is 4.84. The van der Waals surface area contributed by atoms with Gasteiger partial charge in [0.05, 0.1) is 0 Å². The summed E-state index contributed by atoms with van der Waals surface area (Å²) in [6.07, 6.45) is 2.85. The Kier molecular flexibility index (Phi) is 4.07. The molecular weight excluding hydrogens is 194 g/mol. The van der Waals surface area contributed by atoms with Crippen LogP contribution in [0, 0.1) is 0 Å². The number of nitrogens with one attached hydrogen (secondary N) is 1. The second kappa shape index (κ2) is 5.10. The summed E-state index contributed by atoms with van der Waals surface area (Å²) in [5.74, 6) is 1.32. The van der Waals surface area contributed by atoms with Crippen LogP contribution < -0.4 is 5.32 Å². The summed E-state index contributed by atoms with van der Waals surface area (Å²) in [7, 11) is 0. The van der Waals surface area contributed by atoms with Crippen LogP contribution in [0.5, 0.6) is 0 Å². The predicted octanol–water partition coefficient (Wildman–Crippen LogP) is 3.04. The van der Waals surface area contributed by atoms with Crippen molar-refractivity contribution in [2.75, 3.05) is 5.32 Å². The van der Waals surface area contributed by atoms with E-state index >= 15 is 0 Å². The van der Waals surface area contributed by atoms with Gasteiger partial charge >= 0.3 is 0 Å². The zero-order valence-electron chi connectivity index (χ0n) is 8.95. The summed E-state index contributed by atoms with van der Waals surface area (Å²) in [5, 5.41) is 4.20. The summed E-state index contributed by atoms with van der Waals surface area (Å²) in [4.78, 5) is 4.39. The standard InChI is InChI=1S/C10H17N3S/c1-5-6-8(4)11-10-12-9(7(2)3)13-14-10/h5,7-8H,1,6H2,2-4H3,(H,11,12,13). The quantitative estimate of drug-likeness (QED) is 0.761. The lowest BCUT2D eigenvalue weighted by Gasteiger charge is -2.08. The van der Waals surface area contributed by atoms with E-state index in [1.54, 1.807) is 0 Å². The van der Waals surface area contributed by atoms with E-state index in [0.717, 1.165) is 17.4 Å². The van der Waals surface area contributed by atoms with Crippen molar-refractivity contribution in [2.45, 2.75) is 39.2 Å². The van der Waals surface area contributed by atoms with Crippen LogP contribution in [-0.2, 0) is 0 Å². The maximum atomic E-state index is 4.39. The first kappa shape index (κ1) is 11.2. The van der Waals surface area contributed by atoms with Crippen LogP contribution in [0.1, 0.15) is 38.9 Å². The fourth-order valence-corrected chi connectivity index (χ4v) is 1.87. The van der Waals surface area contributed by atoms with Crippen molar-refractivity contribution < 1.29 is 0 Å². The van der Waals surface area contributed by atoms with E-state index in [4.69, 9.17) is 0 Å². The van der Waals surface area contributed by atoms with Gasteiger partial charge in [0.1, 0.15) is 5.82 Å². The molecule has 0 saturated heterocycles. The van der Waals surface area contributed by atoms with Gasteiger partial charge in [0.2, 0.25) is 5.13 Å². The molecule has 1 atom stereocenters. The highest BCUT2D eigenvalue weighted by atomic mass is 32.1. The predicted molar refractivity (Wildman–Crippen MR) is 61.9 cm³/mol. The van der Waals surface area contributed by atoms with E-state index < -0.39 is 0 Å². The van der Waals surface area contributed by atoms with Crippen LogP contribution in [0.4, 0.5) is 5.13 Å². The van der Waals surface area contributed by atoms with Gasteiger partial charge in [-0.2, -0.15) is 4.37 Å². The zero-order chi connectivity index (χ0) is 10.6. The van der Waals surface area contributed by atoms with E-state index in [-0.39, 0.29) is 0 Å². The summed E-state index contributed by atoms with van der Waals surface area (Å²) in [5.41, 5.74) is 0. The van der Waals surface area contributed by atoms with Crippen molar-refractivity contribution in [3.05, 3.63) is 18.5 Å². The number of aromatic nitrogens is 2. The Labute approximate surface area is 89.4 Å². The SMILES string of the molecule is C=CCC(C)Nc1nc(C(C)C)ns1. The topological polar surface area (TPSA) is 37.8 Å². The fraction of sp³-hybridized carbons (Fsp3) is 0.600. The van der Waals surface area contributed by atoms with E-state index in [1.165, 1.54) is 11.5 Å². The second-order valence-corrected chi connectivity index (χ2v) is 4.43. The molecule has 0 aliphatic heterocycles. The Balaban J connectivity index is 2.55. The molecule has 1 N–H and O–H groups in total. The van der Waals surface area contributed by atoms with Gasteiger partial charge in [0.25, 0.3) is 0 Å². The molecule has 1 heterocycles. The van der Waals surface area contributed by atoms with Crippen LogP contribution in [0.15, 0.2) is 12.7 Å². The average Bonchev–Trinajstić information content (AvgIpc) is 2.53. The molecule has 0 aliphatic rings. The van der Waals surface area contributed by atoms with E-state index in [0.29, 0.717) is 12.0 Å². The summed E-state index contributed by atoms with van der Waals surface area (Å²) < 4.78 is 4.27. The highest BCUT2D eigenvalue weighted by Crippen LogP contribution is 2.18. The largest absolute Gasteiger partial charge is 0.358 e. The molecule has 0 aliphatic carbocycles. The Bertz CT molecular complexity index is 293. The second-order valence-electron chi connectivity index (χ2n) is 3.68. The van der Waals surface area contributed by atoms with Crippen LogP contribution in [-0.4, -0.2) is 15.4 Å². The molecule has 0 amide bonds. The monoisotopic (exact) mass is 211 g/mol. The molecule has 78 valence electrons. The molecule has 0 fully saturated rings. The first-order chi connectivity index (χ1) is 6.63. The molecule has 3 nitrogen and oxygen atoms in total. The molecule has 0 radical (unpaired) electrons. The van der Waals surface area contributed by atoms with Gasteiger partial charge in [-0.05, 0) is 13.3 Å². The van der Waals surface area contributed by atoms with Crippen molar-refractivity contribution in [1.82, 2.24) is 9.36 Å². The first-order valence-corrected chi connectivity index (χ1v) is 5.62. The Morgan fingerprint density at radius 3 is 2.71 bits per heavy atom. The molecule has 0 aromatic carbocycles. The van der Waals surface area contributed by atoms with Gasteiger partial charge in [-0.25, -0.2) is 4.98 Å². The number of anilines is 1. The van der Waals surface area contributed by atoms with Gasteiger partial charge in [-0.15, -0.1) is 6.58 Å². The van der Waals surface area contributed by atoms with Gasteiger partial charge in [-0.1, -0.05) is 19.9 Å². The Hall–Kier alpha value is -0.900. The van der Waals surface area contributed by atoms with Crippen molar-refractivity contribution in [3.63, 3.8) is 0 Å². The minimum atomic E-state index is 0.375. The van der Waals surface area contributed by atoms with Crippen molar-refractivity contribution in [2.24, 2.45) is 0 Å². The van der Waals surface area contributed by atoms with Crippen LogP contribution in [0.2, 0.25) is 0 Å². The zero-order valence-corrected chi connectivity index (χ0v) is 9.77. The van der Waals surface area contributed by atoms with Gasteiger partial charge < -0.3 is 5.32 Å². The third-order valence-corrected chi connectivity index (χ3v) is 2.51. The Morgan fingerprint density at radius 1 is 1.50 bits per heavy atom. The van der Waals surface area contributed by atoms with Crippen molar-refractivity contribution in [3.8, 4) is 0 Å². The lowest BCUT2D eigenvalue weighted by atomic mass is 10.2. The van der Waals surface area contributed by atoms with Crippen molar-refractivity contribution in [1.29, 1.82) is 0 Å². The summed E-state index contributed by atoms with van der Waals surface area (Å²) in [6, 6.07) is 0.375. The molecule has 1 rings (SSSR count). The highest BCUT2D eigenvalue weighted by Gasteiger charge is 2.08. The van der Waals surface area contributed by atoms with Gasteiger partial charge in [0.15, 0.2) is 0 Å². The molecule has 14 heavy (non-hydrogen) atoms. The summed E-state index contributed by atoms with van der Waals surface area (Å²) in [6.45, 7) is 10.0. The number of hydrogen-bond donors (Lipinski definition) is 1. The molecule has 0 saturated carbocycles. The minimum absolute atomic E-state index is 0.375. The van der Waals surface area contributed by atoms with E-state index in [1.807, 2.05) is 6.08 Å². The van der Waals surface area contributed by atoms with Crippen molar-refractivity contribution >= 4 is 16.7 Å². The molecule has 1 aromatic heterocycles. The molecule has 1 aromatic rings. The minimum Gasteiger partial charge on any atom is -0.358 e. The van der Waals surface area contributed by atoms with Gasteiger partial charge in [-0.3, -0.25) is 0 Å². The number of hydrogen-bond acceptors (Lipinski definition) is 4. The summed E-state index contributed by atoms with van der Waals surface area (Å²) >= 11 is 1.43. The molecule has 0 bridgehead atoms. The maximum Gasteiger partial charge on any atom is 0.202 e. The lowest BCUT2D eigenvalue weighted by molar-refractivity contribution is 0.785. The molecule has 0 spiro atoms. The smallest absolute Gasteiger partial charge is 0.202 e. The van der Waals surface area contributed by atoms with Gasteiger partial charge in [0, 0.05) is 23.5 Å². The molecule has 4 heteroatoms. The normalized spacial score (nSPS) is 12.9. The third-order valence-electron chi connectivity index (χ3n) is 1.85. The van der Waals surface area contributed by atoms with Crippen LogP contribution in [0.3, 0.4) is 0 Å². The lowest BCUT2D eigenvalue weighted by Crippen LogP contribution is -2.13. The Morgan fingerprint density at radius 2 is 2.21 bits per heavy atom. The molecule has 1 unspecified atom stereocenters. The van der Waals surface area contributed by atoms with E-state index in [2.05, 4.69) is 42.0 Å². The van der Waals surface area contributed by atoms with Crippen LogP contribution >= 0.6 is 11.5 Å². The average molecular weight is 211 g/mol.